The molecule has 6 fully saturated rings. The number of hydrogen-bond donors (Lipinski definition) is 3. The van der Waals surface area contributed by atoms with Crippen molar-refractivity contribution in [3.05, 3.63) is 0 Å². The Morgan fingerprint density at radius 3 is 1.84 bits per heavy atom. The molecule has 6 aliphatic rings. The van der Waals surface area contributed by atoms with Crippen molar-refractivity contribution in [1.29, 1.82) is 0 Å². The fourth-order valence-corrected chi connectivity index (χ4v) is 7.56. The Morgan fingerprint density at radius 1 is 1.03 bits per heavy atom. The lowest BCUT2D eigenvalue weighted by Gasteiger charge is -2.55. The third kappa shape index (κ3) is 3.24. The van der Waals surface area contributed by atoms with Crippen LogP contribution in [0.25, 0.3) is 0 Å². The molecule has 4 aliphatic carbocycles. The van der Waals surface area contributed by atoms with Gasteiger partial charge in [-0.1, -0.05) is 22.6 Å². The number of aliphatic hydroxyl groups is 1. The summed E-state index contributed by atoms with van der Waals surface area (Å²) in [6.07, 6.45) is -11.6. The molecule has 0 aromatic carbocycles. The Labute approximate surface area is 194 Å². The Bertz CT molecular complexity index is 768. The number of rotatable bonds is 6. The summed E-state index contributed by atoms with van der Waals surface area (Å²) in [5.74, 6) is -0.714. The largest absolute Gasteiger partial charge is 0.457 e. The molecular formula is C20H25F6IN2O3. The molecule has 2 atom stereocenters. The summed E-state index contributed by atoms with van der Waals surface area (Å²) in [7, 11) is 0. The van der Waals surface area contributed by atoms with Crippen LogP contribution in [-0.4, -0.2) is 50.4 Å². The summed E-state index contributed by atoms with van der Waals surface area (Å²) < 4.78 is 86.2. The number of carbonyl (C=O) groups is 1. The van der Waals surface area contributed by atoms with Crippen LogP contribution in [0.5, 0.6) is 0 Å². The van der Waals surface area contributed by atoms with Gasteiger partial charge in [-0.3, -0.25) is 15.4 Å². The van der Waals surface area contributed by atoms with E-state index in [1.165, 1.54) is 6.92 Å². The van der Waals surface area contributed by atoms with Gasteiger partial charge in [-0.2, -0.15) is 26.3 Å². The van der Waals surface area contributed by atoms with E-state index >= 15 is 0 Å². The SMILES string of the molecule is CC(I)(C(=O)OC(CC1C2CC3CC(C2)CC1C3)C(O)(C(F)(F)F)C(F)(F)F)C12NC1N2. The maximum Gasteiger partial charge on any atom is 0.430 e. The molecule has 4 bridgehead atoms. The van der Waals surface area contributed by atoms with Crippen LogP contribution in [0.1, 0.15) is 45.4 Å². The van der Waals surface area contributed by atoms with E-state index < -0.39 is 51.5 Å². The van der Waals surface area contributed by atoms with Gasteiger partial charge >= 0.3 is 18.3 Å². The molecular weight excluding hydrogens is 557 g/mol. The van der Waals surface area contributed by atoms with Crippen molar-refractivity contribution in [3.63, 3.8) is 0 Å². The lowest BCUT2D eigenvalue weighted by molar-refractivity contribution is -0.393. The molecule has 2 unspecified atom stereocenters. The minimum atomic E-state index is -6.06. The van der Waals surface area contributed by atoms with Crippen LogP contribution in [0.2, 0.25) is 0 Å². The molecule has 12 heteroatoms. The molecule has 0 radical (unpaired) electrons. The van der Waals surface area contributed by atoms with Crippen molar-refractivity contribution in [1.82, 2.24) is 10.6 Å². The zero-order chi connectivity index (χ0) is 23.5. The van der Waals surface area contributed by atoms with Crippen molar-refractivity contribution < 1.29 is 41.0 Å². The number of nitrogens with one attached hydrogen (secondary N) is 2. The average Bonchev–Trinajstić information content (AvgIpc) is 3.51. The first kappa shape index (κ1) is 23.4. The predicted octanol–water partition coefficient (Wildman–Crippen LogP) is 3.64. The maximum absolute atomic E-state index is 13.8. The molecule has 6 rings (SSSR count). The molecule has 5 nitrogen and oxygen atoms in total. The highest BCUT2D eigenvalue weighted by molar-refractivity contribution is 14.1. The van der Waals surface area contributed by atoms with Gasteiger partial charge in [0.1, 0.15) is 11.8 Å². The minimum absolute atomic E-state index is 0.00215. The third-order valence-electron chi connectivity index (χ3n) is 8.62. The van der Waals surface area contributed by atoms with Gasteiger partial charge in [0.05, 0.1) is 6.17 Å². The molecule has 4 saturated carbocycles. The lowest BCUT2D eigenvalue weighted by Crippen LogP contribution is -2.66. The molecule has 0 amide bonds. The van der Waals surface area contributed by atoms with Gasteiger partial charge in [0.2, 0.25) is 0 Å². The van der Waals surface area contributed by atoms with Crippen LogP contribution in [0, 0.1) is 29.6 Å². The normalized spacial score (nSPS) is 42.8. The number of fused-ring (bicyclic) bond motifs is 1. The van der Waals surface area contributed by atoms with Gasteiger partial charge in [-0.25, -0.2) is 0 Å². The minimum Gasteiger partial charge on any atom is -0.457 e. The van der Waals surface area contributed by atoms with E-state index in [2.05, 4.69) is 10.6 Å². The molecule has 0 aromatic rings. The van der Waals surface area contributed by atoms with Crippen LogP contribution >= 0.6 is 22.6 Å². The van der Waals surface area contributed by atoms with Crippen molar-refractivity contribution in [3.8, 4) is 0 Å². The van der Waals surface area contributed by atoms with Gasteiger partial charge in [0.25, 0.3) is 5.60 Å². The van der Waals surface area contributed by atoms with E-state index in [9.17, 15) is 36.2 Å². The van der Waals surface area contributed by atoms with Crippen molar-refractivity contribution >= 4 is 28.6 Å². The fourth-order valence-electron chi connectivity index (χ4n) is 6.81. The molecule has 2 aliphatic heterocycles. The first-order chi connectivity index (χ1) is 14.6. The third-order valence-corrected chi connectivity index (χ3v) is 9.91. The zero-order valence-electron chi connectivity index (χ0n) is 17.2. The van der Waals surface area contributed by atoms with Crippen LogP contribution in [0.4, 0.5) is 26.3 Å². The standard InChI is InChI=1S/C20H25F6IN2O3/c1-16(27,18-14(28-18)29-18)15(30)32-13(17(31,19(21,22)23)20(24,25)26)7-12-10-3-8-2-9(5-10)6-11(12)4-8/h8-14,28-29,31H,2-7H2,1H3. The van der Waals surface area contributed by atoms with E-state index in [0.717, 1.165) is 32.1 Å². The van der Waals surface area contributed by atoms with E-state index in [4.69, 9.17) is 4.74 Å². The van der Waals surface area contributed by atoms with Gasteiger partial charge in [0, 0.05) is 0 Å². The summed E-state index contributed by atoms with van der Waals surface area (Å²) in [4.78, 5) is 12.9. The van der Waals surface area contributed by atoms with Crippen molar-refractivity contribution in [2.45, 2.75) is 84.8 Å². The van der Waals surface area contributed by atoms with Crippen LogP contribution in [0.15, 0.2) is 0 Å². The van der Waals surface area contributed by atoms with Crippen LogP contribution in [-0.2, 0) is 9.53 Å². The quantitative estimate of drug-likeness (QED) is 0.146. The van der Waals surface area contributed by atoms with Gasteiger partial charge in [-0.05, 0) is 75.0 Å². The number of halogens is 7. The van der Waals surface area contributed by atoms with E-state index in [0.29, 0.717) is 11.8 Å². The van der Waals surface area contributed by atoms with E-state index in [1.807, 2.05) is 0 Å². The summed E-state index contributed by atoms with van der Waals surface area (Å²) in [5, 5.41) is 16.0. The van der Waals surface area contributed by atoms with E-state index in [1.54, 1.807) is 22.6 Å². The Balaban J connectivity index is 1.45. The van der Waals surface area contributed by atoms with Crippen LogP contribution < -0.4 is 10.6 Å². The topological polar surface area (TPSA) is 90.4 Å². The van der Waals surface area contributed by atoms with Gasteiger partial charge in [0.15, 0.2) is 3.42 Å². The molecule has 182 valence electrons. The molecule has 0 spiro atoms. The summed E-state index contributed by atoms with van der Waals surface area (Å²) in [6, 6.07) is 0. The van der Waals surface area contributed by atoms with E-state index in [-0.39, 0.29) is 18.0 Å². The fraction of sp³-hybridized carbons (Fsp3) is 0.950. The average molecular weight is 582 g/mol. The van der Waals surface area contributed by atoms with Crippen molar-refractivity contribution in [2.75, 3.05) is 0 Å². The highest BCUT2D eigenvalue weighted by Gasteiger charge is 2.82. The Morgan fingerprint density at radius 2 is 1.47 bits per heavy atom. The number of carbonyl (C=O) groups excluding carboxylic acids is 1. The number of hydrogen-bond acceptors (Lipinski definition) is 5. The Hall–Kier alpha value is -0.340. The second-order valence-corrected chi connectivity index (χ2v) is 12.7. The molecule has 2 heterocycles. The molecule has 2 saturated heterocycles. The molecule has 3 N–H and O–H groups in total. The van der Waals surface area contributed by atoms with Gasteiger partial charge < -0.3 is 9.84 Å². The summed E-state index contributed by atoms with van der Waals surface area (Å²) in [5.41, 5.74) is -6.02. The summed E-state index contributed by atoms with van der Waals surface area (Å²) in [6.45, 7) is 1.39. The van der Waals surface area contributed by atoms with Crippen LogP contribution in [0.3, 0.4) is 0 Å². The number of ether oxygens (including phenoxy) is 1. The van der Waals surface area contributed by atoms with Crippen molar-refractivity contribution in [2.24, 2.45) is 29.6 Å². The highest BCUT2D eigenvalue weighted by Crippen LogP contribution is 2.59. The smallest absolute Gasteiger partial charge is 0.430 e. The number of alkyl halides is 7. The first-order valence-electron chi connectivity index (χ1n) is 10.9. The molecule has 32 heavy (non-hydrogen) atoms. The molecule has 0 aromatic heterocycles. The zero-order valence-corrected chi connectivity index (χ0v) is 19.4. The predicted molar refractivity (Wildman–Crippen MR) is 107 cm³/mol. The second kappa shape index (κ2) is 6.87. The second-order valence-electron chi connectivity index (χ2n) is 10.5. The maximum atomic E-state index is 13.8. The van der Waals surface area contributed by atoms with Gasteiger partial charge in [-0.15, -0.1) is 0 Å². The highest BCUT2D eigenvalue weighted by atomic mass is 127. The number of esters is 1. The first-order valence-corrected chi connectivity index (χ1v) is 12.0. The summed E-state index contributed by atoms with van der Waals surface area (Å²) >= 11 is 1.68. The lowest BCUT2D eigenvalue weighted by atomic mass is 9.51. The monoisotopic (exact) mass is 582 g/mol. The Kier molecular flexibility index (Phi) is 5.02.